The van der Waals surface area contributed by atoms with Gasteiger partial charge in [0.25, 0.3) is 0 Å². The monoisotopic (exact) mass is 472 g/mol. The Balaban J connectivity index is 1.56. The van der Waals surface area contributed by atoms with E-state index in [1.54, 1.807) is 23.7 Å². The van der Waals surface area contributed by atoms with E-state index in [0.29, 0.717) is 11.6 Å². The molecule has 1 amide bonds. The van der Waals surface area contributed by atoms with Crippen LogP contribution in [0.3, 0.4) is 0 Å². The SMILES string of the molecule is Cc1ccc(C2=N[C@@H](CC(=O)N/N=C/c3ncc[nH]3)c3nnc(C)n3-c3sc(C)c(C)c32)cc1. The highest BCUT2D eigenvalue weighted by Gasteiger charge is 2.32. The van der Waals surface area contributed by atoms with Gasteiger partial charge in [0.05, 0.1) is 18.3 Å². The number of aromatic amines is 1. The van der Waals surface area contributed by atoms with E-state index in [4.69, 9.17) is 4.99 Å². The van der Waals surface area contributed by atoms with Crippen molar-refractivity contribution in [3.63, 3.8) is 0 Å². The predicted molar refractivity (Wildman–Crippen MR) is 132 cm³/mol. The molecule has 9 nitrogen and oxygen atoms in total. The van der Waals surface area contributed by atoms with Crippen LogP contribution < -0.4 is 5.43 Å². The normalized spacial score (nSPS) is 15.1. The second-order valence-corrected chi connectivity index (χ2v) is 9.44. The van der Waals surface area contributed by atoms with Crippen LogP contribution in [0.2, 0.25) is 0 Å². The van der Waals surface area contributed by atoms with Crippen LogP contribution in [0.4, 0.5) is 0 Å². The lowest BCUT2D eigenvalue weighted by Crippen LogP contribution is -2.21. The summed E-state index contributed by atoms with van der Waals surface area (Å²) in [4.78, 5) is 26.1. The minimum Gasteiger partial charge on any atom is -0.344 e. The molecule has 0 radical (unpaired) electrons. The zero-order valence-electron chi connectivity index (χ0n) is 19.3. The summed E-state index contributed by atoms with van der Waals surface area (Å²) < 4.78 is 2.04. The van der Waals surface area contributed by atoms with Crippen molar-refractivity contribution in [1.82, 2.24) is 30.2 Å². The number of aliphatic imine (C=N–C) groups is 1. The highest BCUT2D eigenvalue weighted by atomic mass is 32.1. The van der Waals surface area contributed by atoms with Gasteiger partial charge < -0.3 is 4.98 Å². The van der Waals surface area contributed by atoms with Crippen molar-refractivity contribution in [1.29, 1.82) is 0 Å². The molecule has 0 fully saturated rings. The van der Waals surface area contributed by atoms with Crippen LogP contribution in [0.25, 0.3) is 5.00 Å². The summed E-state index contributed by atoms with van der Waals surface area (Å²) in [5.74, 6) is 1.69. The standard InChI is InChI=1S/C24H24N8OS/c1-13-5-7-17(8-6-13)22-21-14(2)15(3)34-24(21)32-16(4)29-31-23(32)18(28-22)11-20(33)30-27-12-19-25-9-10-26-19/h5-10,12,18H,11H2,1-4H3,(H,25,26)(H,30,33)/b27-12+/t18-/m0/s1. The molecule has 4 aromatic rings. The number of carbonyl (C=O) groups is 1. The Labute approximate surface area is 200 Å². The summed E-state index contributed by atoms with van der Waals surface area (Å²) in [6.07, 6.45) is 4.85. The highest BCUT2D eigenvalue weighted by molar-refractivity contribution is 7.15. The lowest BCUT2D eigenvalue weighted by atomic mass is 9.99. The maximum Gasteiger partial charge on any atom is 0.242 e. The van der Waals surface area contributed by atoms with E-state index in [1.807, 2.05) is 11.5 Å². The zero-order valence-corrected chi connectivity index (χ0v) is 20.1. The number of aromatic nitrogens is 5. The molecule has 1 aliphatic heterocycles. The predicted octanol–water partition coefficient (Wildman–Crippen LogP) is 3.72. The number of fused-ring (bicyclic) bond motifs is 3. The quantitative estimate of drug-likeness (QED) is 0.340. The number of nitrogens with one attached hydrogen (secondary N) is 2. The minimum atomic E-state index is -0.518. The molecule has 0 aliphatic carbocycles. The summed E-state index contributed by atoms with van der Waals surface area (Å²) in [5, 5.41) is 13.8. The molecule has 2 N–H and O–H groups in total. The number of rotatable bonds is 5. The second kappa shape index (κ2) is 8.79. The average Bonchev–Trinajstić information content (AvgIpc) is 3.51. The topological polar surface area (TPSA) is 113 Å². The first-order chi connectivity index (χ1) is 16.4. The maximum atomic E-state index is 12.8. The van der Waals surface area contributed by atoms with E-state index >= 15 is 0 Å². The van der Waals surface area contributed by atoms with E-state index in [0.717, 1.165) is 27.7 Å². The Kier molecular flexibility index (Phi) is 5.66. The Morgan fingerprint density at radius 1 is 1.21 bits per heavy atom. The minimum absolute atomic E-state index is 0.0793. The van der Waals surface area contributed by atoms with Gasteiger partial charge in [-0.3, -0.25) is 14.4 Å². The van der Waals surface area contributed by atoms with Crippen LogP contribution in [0, 0.1) is 27.7 Å². The lowest BCUT2D eigenvalue weighted by molar-refractivity contribution is -0.121. The molecular weight excluding hydrogens is 448 g/mol. The van der Waals surface area contributed by atoms with Gasteiger partial charge in [0.2, 0.25) is 5.91 Å². The van der Waals surface area contributed by atoms with Crippen LogP contribution in [0.5, 0.6) is 0 Å². The van der Waals surface area contributed by atoms with Crippen molar-refractivity contribution < 1.29 is 4.79 Å². The molecule has 0 bridgehead atoms. The molecule has 10 heteroatoms. The number of aryl methyl sites for hydroxylation is 3. The van der Waals surface area contributed by atoms with E-state index in [-0.39, 0.29) is 12.3 Å². The third-order valence-electron chi connectivity index (χ3n) is 5.84. The number of nitrogens with zero attached hydrogens (tertiary/aromatic N) is 6. The van der Waals surface area contributed by atoms with Gasteiger partial charge in [-0.1, -0.05) is 29.8 Å². The molecule has 0 saturated carbocycles. The summed E-state index contributed by atoms with van der Waals surface area (Å²) >= 11 is 1.69. The number of hydrogen-bond acceptors (Lipinski definition) is 7. The fourth-order valence-electron chi connectivity index (χ4n) is 3.97. The van der Waals surface area contributed by atoms with Gasteiger partial charge in [0.1, 0.15) is 22.7 Å². The first kappa shape index (κ1) is 21.9. The number of thiophene rings is 1. The van der Waals surface area contributed by atoms with Gasteiger partial charge in [-0.25, -0.2) is 10.4 Å². The highest BCUT2D eigenvalue weighted by Crippen LogP contribution is 2.39. The van der Waals surface area contributed by atoms with Crippen molar-refractivity contribution in [2.75, 3.05) is 0 Å². The molecule has 1 atom stereocenters. The van der Waals surface area contributed by atoms with Crippen LogP contribution >= 0.6 is 11.3 Å². The first-order valence-electron chi connectivity index (χ1n) is 10.9. The molecule has 0 saturated heterocycles. The smallest absolute Gasteiger partial charge is 0.242 e. The largest absolute Gasteiger partial charge is 0.344 e. The summed E-state index contributed by atoms with van der Waals surface area (Å²) in [7, 11) is 0. The van der Waals surface area contributed by atoms with Gasteiger partial charge in [-0.15, -0.1) is 21.5 Å². The van der Waals surface area contributed by atoms with Crippen molar-refractivity contribution in [2.45, 2.75) is 40.2 Å². The fourth-order valence-corrected chi connectivity index (χ4v) is 5.18. The maximum absolute atomic E-state index is 12.8. The number of carbonyl (C=O) groups excluding carboxylic acids is 1. The van der Waals surface area contributed by atoms with Crippen molar-refractivity contribution >= 4 is 29.2 Å². The van der Waals surface area contributed by atoms with Crippen molar-refractivity contribution in [3.05, 3.63) is 81.3 Å². The summed E-state index contributed by atoms with van der Waals surface area (Å²) in [6, 6.07) is 7.79. The van der Waals surface area contributed by atoms with Crippen molar-refractivity contribution in [3.8, 4) is 5.00 Å². The molecular formula is C24H24N8OS. The van der Waals surface area contributed by atoms with Crippen LogP contribution in [0.1, 0.15) is 57.1 Å². The third-order valence-corrected chi connectivity index (χ3v) is 7.03. The molecule has 0 unspecified atom stereocenters. The molecule has 34 heavy (non-hydrogen) atoms. The number of hydrogen-bond donors (Lipinski definition) is 2. The van der Waals surface area contributed by atoms with Gasteiger partial charge >= 0.3 is 0 Å². The van der Waals surface area contributed by atoms with E-state index in [2.05, 4.69) is 75.7 Å². The van der Waals surface area contributed by atoms with Gasteiger partial charge in [-0.05, 0) is 33.3 Å². The van der Waals surface area contributed by atoms with E-state index in [9.17, 15) is 4.79 Å². The molecule has 5 rings (SSSR count). The van der Waals surface area contributed by atoms with E-state index in [1.165, 1.54) is 22.2 Å². The molecule has 3 aromatic heterocycles. The van der Waals surface area contributed by atoms with Gasteiger partial charge in [0, 0.05) is 28.4 Å². The fraction of sp³-hybridized carbons (Fsp3) is 0.250. The average molecular weight is 473 g/mol. The number of hydrazone groups is 1. The van der Waals surface area contributed by atoms with E-state index < -0.39 is 6.04 Å². The first-order valence-corrected chi connectivity index (χ1v) is 11.7. The molecule has 0 spiro atoms. The van der Waals surface area contributed by atoms with Crippen molar-refractivity contribution in [2.24, 2.45) is 10.1 Å². The number of amides is 1. The molecule has 1 aromatic carbocycles. The number of benzene rings is 1. The molecule has 1 aliphatic rings. The Bertz CT molecular complexity index is 1410. The zero-order chi connectivity index (χ0) is 23.8. The van der Waals surface area contributed by atoms with Crippen LogP contribution in [0.15, 0.2) is 46.8 Å². The van der Waals surface area contributed by atoms with Gasteiger partial charge in [-0.2, -0.15) is 5.10 Å². The number of H-pyrrole nitrogens is 1. The van der Waals surface area contributed by atoms with Crippen LogP contribution in [-0.4, -0.2) is 42.6 Å². The third kappa shape index (κ3) is 3.96. The lowest BCUT2D eigenvalue weighted by Gasteiger charge is -2.12. The van der Waals surface area contributed by atoms with Gasteiger partial charge in [0.15, 0.2) is 5.82 Å². The Morgan fingerprint density at radius 3 is 2.74 bits per heavy atom. The second-order valence-electron chi connectivity index (χ2n) is 8.24. The summed E-state index contributed by atoms with van der Waals surface area (Å²) in [6.45, 7) is 8.21. The Hall–Kier alpha value is -3.92. The molecule has 172 valence electrons. The Morgan fingerprint density at radius 2 is 2.00 bits per heavy atom. The number of imidazole rings is 1. The summed E-state index contributed by atoms with van der Waals surface area (Å²) in [5.41, 5.74) is 7.85. The molecule has 4 heterocycles. The van der Waals surface area contributed by atoms with Crippen LogP contribution in [-0.2, 0) is 4.79 Å².